The van der Waals surface area contributed by atoms with Crippen molar-refractivity contribution in [2.24, 2.45) is 4.99 Å². The van der Waals surface area contributed by atoms with E-state index in [2.05, 4.69) is 34.4 Å². The monoisotopic (exact) mass is 508 g/mol. The topological polar surface area (TPSA) is 73.8 Å². The van der Waals surface area contributed by atoms with Crippen LogP contribution in [-0.2, 0) is 16.4 Å². The summed E-state index contributed by atoms with van der Waals surface area (Å²) in [6.45, 7) is 9.08. The molecule has 0 unspecified atom stereocenters. The number of likely N-dealkylation sites (tertiary alicyclic amines) is 1. The molecule has 0 bridgehead atoms. The van der Waals surface area contributed by atoms with E-state index in [1.54, 1.807) is 12.1 Å². The van der Waals surface area contributed by atoms with Crippen LogP contribution in [0.15, 0.2) is 34.2 Å². The van der Waals surface area contributed by atoms with Crippen molar-refractivity contribution in [2.75, 3.05) is 32.4 Å². The maximum Gasteiger partial charge on any atom is 0.191 e. The Morgan fingerprint density at radius 1 is 1.19 bits per heavy atom. The predicted molar refractivity (Wildman–Crippen MR) is 123 cm³/mol. The minimum atomic E-state index is -3.15. The van der Waals surface area contributed by atoms with E-state index in [-0.39, 0.29) is 24.0 Å². The quantitative estimate of drug-likeness (QED) is 0.337. The number of guanidine groups is 1. The molecule has 0 radical (unpaired) electrons. The first kappa shape index (κ1) is 24.2. The average molecular weight is 508 g/mol. The molecular formula is C19H33IN4O2S. The molecule has 1 aliphatic heterocycles. The molecule has 0 amide bonds. The van der Waals surface area contributed by atoms with Gasteiger partial charge >= 0.3 is 0 Å². The first-order valence-corrected chi connectivity index (χ1v) is 11.4. The molecule has 2 N–H and O–H groups in total. The van der Waals surface area contributed by atoms with Gasteiger partial charge in [0.15, 0.2) is 15.8 Å². The molecule has 1 aromatic rings. The normalized spacial score (nSPS) is 16.6. The van der Waals surface area contributed by atoms with Gasteiger partial charge in [0.1, 0.15) is 0 Å². The summed E-state index contributed by atoms with van der Waals surface area (Å²) in [5.74, 6) is 0.827. The van der Waals surface area contributed by atoms with E-state index in [1.165, 1.54) is 19.2 Å². The minimum Gasteiger partial charge on any atom is -0.357 e. The third-order valence-corrected chi connectivity index (χ3v) is 5.71. The van der Waals surface area contributed by atoms with E-state index in [4.69, 9.17) is 0 Å². The average Bonchev–Trinajstić information content (AvgIpc) is 2.61. The second kappa shape index (κ2) is 11.9. The molecule has 6 nitrogen and oxygen atoms in total. The molecule has 0 spiro atoms. The first-order valence-electron chi connectivity index (χ1n) is 9.48. The molecule has 1 aliphatic rings. The molecule has 0 atom stereocenters. The van der Waals surface area contributed by atoms with Crippen molar-refractivity contribution >= 4 is 39.8 Å². The van der Waals surface area contributed by atoms with Gasteiger partial charge in [0.25, 0.3) is 0 Å². The number of sulfone groups is 1. The summed E-state index contributed by atoms with van der Waals surface area (Å²) in [7, 11) is -3.15. The molecule has 8 heteroatoms. The zero-order valence-corrected chi connectivity index (χ0v) is 19.7. The van der Waals surface area contributed by atoms with E-state index in [1.807, 2.05) is 12.1 Å². The van der Waals surface area contributed by atoms with Crippen molar-refractivity contribution < 1.29 is 8.42 Å². The molecule has 27 heavy (non-hydrogen) atoms. The Kier molecular flexibility index (Phi) is 10.6. The lowest BCUT2D eigenvalue weighted by molar-refractivity contribution is 0.206. The Bertz CT molecular complexity index is 684. The first-order chi connectivity index (χ1) is 12.4. The van der Waals surface area contributed by atoms with Gasteiger partial charge in [-0.2, -0.15) is 0 Å². The summed E-state index contributed by atoms with van der Waals surface area (Å²) < 4.78 is 23.1. The summed E-state index contributed by atoms with van der Waals surface area (Å²) >= 11 is 0. The number of hydrogen-bond acceptors (Lipinski definition) is 4. The lowest BCUT2D eigenvalue weighted by atomic mass is 10.1. The third-order valence-electron chi connectivity index (χ3n) is 4.58. The lowest BCUT2D eigenvalue weighted by Gasteiger charge is -2.32. The number of nitrogens with zero attached hydrogens (tertiary/aromatic N) is 2. The van der Waals surface area contributed by atoms with E-state index in [9.17, 15) is 8.42 Å². The summed E-state index contributed by atoms with van der Waals surface area (Å²) in [4.78, 5) is 7.52. The predicted octanol–water partition coefficient (Wildman–Crippen LogP) is 2.64. The molecule has 2 rings (SSSR count). The Balaban J connectivity index is 0.00000364. The number of benzene rings is 1. The van der Waals surface area contributed by atoms with Crippen molar-refractivity contribution in [1.29, 1.82) is 0 Å². The van der Waals surface area contributed by atoms with Crippen molar-refractivity contribution in [2.45, 2.75) is 50.6 Å². The maximum atomic E-state index is 11.5. The highest BCUT2D eigenvalue weighted by Crippen LogP contribution is 2.12. The Labute approximate surface area is 181 Å². The van der Waals surface area contributed by atoms with Crippen LogP contribution in [0, 0.1) is 0 Å². The molecule has 1 fully saturated rings. The highest BCUT2D eigenvalue weighted by molar-refractivity contribution is 14.0. The smallest absolute Gasteiger partial charge is 0.191 e. The number of piperidine rings is 1. The van der Waals surface area contributed by atoms with Gasteiger partial charge in [0.05, 0.1) is 11.4 Å². The summed E-state index contributed by atoms with van der Waals surface area (Å²) in [6, 6.07) is 7.39. The van der Waals surface area contributed by atoms with Gasteiger partial charge in [-0.15, -0.1) is 24.0 Å². The van der Waals surface area contributed by atoms with Gasteiger partial charge in [-0.1, -0.05) is 19.1 Å². The fourth-order valence-electron chi connectivity index (χ4n) is 3.14. The molecule has 1 saturated heterocycles. The standard InChI is InChI=1S/C19H32N4O2S.HI/c1-4-12-23-13-10-17(11-14-23)22-19(20-5-2)21-15-16-6-8-18(9-7-16)26(3,24)25;/h6-9,17H,4-5,10-15H2,1-3H3,(H2,20,21,22);1H. The third kappa shape index (κ3) is 8.35. The van der Waals surface area contributed by atoms with Gasteiger partial charge in [-0.3, -0.25) is 0 Å². The highest BCUT2D eigenvalue weighted by atomic mass is 127. The summed E-state index contributed by atoms with van der Waals surface area (Å²) in [5.41, 5.74) is 0.993. The van der Waals surface area contributed by atoms with Crippen molar-refractivity contribution in [1.82, 2.24) is 15.5 Å². The number of rotatable bonds is 7. The van der Waals surface area contributed by atoms with Crippen LogP contribution in [-0.4, -0.2) is 57.8 Å². The number of aliphatic imine (C=N–C) groups is 1. The zero-order valence-electron chi connectivity index (χ0n) is 16.6. The zero-order chi connectivity index (χ0) is 19.0. The van der Waals surface area contributed by atoms with Crippen LogP contribution in [0.3, 0.4) is 0 Å². The van der Waals surface area contributed by atoms with E-state index in [0.29, 0.717) is 17.5 Å². The summed E-state index contributed by atoms with van der Waals surface area (Å²) in [5, 5.41) is 6.84. The van der Waals surface area contributed by atoms with Crippen LogP contribution in [0.25, 0.3) is 0 Å². The van der Waals surface area contributed by atoms with Gasteiger partial charge in [0.2, 0.25) is 0 Å². The van der Waals surface area contributed by atoms with Gasteiger partial charge < -0.3 is 15.5 Å². The van der Waals surface area contributed by atoms with Gasteiger partial charge in [0, 0.05) is 31.9 Å². The molecule has 1 aromatic carbocycles. The van der Waals surface area contributed by atoms with Crippen LogP contribution in [0.2, 0.25) is 0 Å². The second-order valence-electron chi connectivity index (χ2n) is 6.87. The minimum absolute atomic E-state index is 0. The van der Waals surface area contributed by atoms with Crippen molar-refractivity contribution in [3.05, 3.63) is 29.8 Å². The van der Waals surface area contributed by atoms with Gasteiger partial charge in [-0.25, -0.2) is 13.4 Å². The van der Waals surface area contributed by atoms with Crippen LogP contribution in [0.5, 0.6) is 0 Å². The van der Waals surface area contributed by atoms with Gasteiger partial charge in [-0.05, 0) is 50.4 Å². The van der Waals surface area contributed by atoms with Crippen LogP contribution < -0.4 is 10.6 Å². The molecule has 154 valence electrons. The van der Waals surface area contributed by atoms with E-state index >= 15 is 0 Å². The molecular weight excluding hydrogens is 475 g/mol. The molecule has 1 heterocycles. The number of nitrogens with one attached hydrogen (secondary N) is 2. The largest absolute Gasteiger partial charge is 0.357 e. The Morgan fingerprint density at radius 2 is 1.81 bits per heavy atom. The van der Waals surface area contributed by atoms with Crippen LogP contribution in [0.4, 0.5) is 0 Å². The Hall–Kier alpha value is -0.870. The van der Waals surface area contributed by atoms with Crippen molar-refractivity contribution in [3.63, 3.8) is 0 Å². The van der Waals surface area contributed by atoms with Crippen LogP contribution in [0.1, 0.15) is 38.7 Å². The highest BCUT2D eigenvalue weighted by Gasteiger charge is 2.19. The van der Waals surface area contributed by atoms with Crippen molar-refractivity contribution in [3.8, 4) is 0 Å². The summed E-state index contributed by atoms with van der Waals surface area (Å²) in [6.07, 6.45) is 4.69. The molecule has 0 aromatic heterocycles. The van der Waals surface area contributed by atoms with Crippen LogP contribution >= 0.6 is 24.0 Å². The number of hydrogen-bond donors (Lipinski definition) is 2. The van der Waals surface area contributed by atoms with E-state index < -0.39 is 9.84 Å². The number of halogens is 1. The fraction of sp³-hybridized carbons (Fsp3) is 0.632. The second-order valence-corrected chi connectivity index (χ2v) is 8.89. The molecule has 0 saturated carbocycles. The molecule has 0 aliphatic carbocycles. The van der Waals surface area contributed by atoms with E-state index in [0.717, 1.165) is 44.0 Å². The lowest BCUT2D eigenvalue weighted by Crippen LogP contribution is -2.48. The SMILES string of the molecule is CCCN1CCC(NC(=NCc2ccc(S(C)(=O)=O)cc2)NCC)CC1.I. The maximum absolute atomic E-state index is 11.5. The Morgan fingerprint density at radius 3 is 2.33 bits per heavy atom. The fourth-order valence-corrected chi connectivity index (χ4v) is 3.77.